The summed E-state index contributed by atoms with van der Waals surface area (Å²) in [6, 6.07) is 2.59. The Morgan fingerprint density at radius 3 is 2.68 bits per heavy atom. The molecule has 8 heteroatoms. The van der Waals surface area contributed by atoms with Crippen LogP contribution in [-0.4, -0.2) is 18.2 Å². The molecule has 0 bridgehead atoms. The fourth-order valence-electron chi connectivity index (χ4n) is 1.43. The van der Waals surface area contributed by atoms with E-state index in [-0.39, 0.29) is 10.6 Å². The van der Waals surface area contributed by atoms with Crippen molar-refractivity contribution in [2.24, 2.45) is 0 Å². The Labute approximate surface area is 108 Å². The molecule has 5 nitrogen and oxygen atoms in total. The highest BCUT2D eigenvalue weighted by molar-refractivity contribution is 7.92. The number of aryl methyl sites for hydroxylation is 1. The highest BCUT2D eigenvalue weighted by Crippen LogP contribution is 2.19. The summed E-state index contributed by atoms with van der Waals surface area (Å²) in [6.07, 6.45) is 2.48. The van der Waals surface area contributed by atoms with Gasteiger partial charge in [-0.15, -0.1) is 0 Å². The van der Waals surface area contributed by atoms with Crippen LogP contribution in [0.4, 0.5) is 14.5 Å². The van der Waals surface area contributed by atoms with Gasteiger partial charge in [0.15, 0.2) is 0 Å². The van der Waals surface area contributed by atoms with Crippen LogP contribution in [0.5, 0.6) is 0 Å². The Kier molecular flexibility index (Phi) is 3.52. The molecule has 1 aromatic carbocycles. The third-order valence-corrected chi connectivity index (χ3v) is 3.74. The lowest BCUT2D eigenvalue weighted by Crippen LogP contribution is -2.13. The minimum Gasteiger partial charge on any atom is -0.277 e. The van der Waals surface area contributed by atoms with E-state index in [1.165, 1.54) is 10.9 Å². The number of hydrogen-bond donors (Lipinski definition) is 1. The summed E-state index contributed by atoms with van der Waals surface area (Å²) in [5.41, 5.74) is -0.314. The van der Waals surface area contributed by atoms with Crippen LogP contribution in [-0.2, 0) is 16.6 Å². The summed E-state index contributed by atoms with van der Waals surface area (Å²) in [6.45, 7) is 2.32. The topological polar surface area (TPSA) is 64.0 Å². The second-order valence-electron chi connectivity index (χ2n) is 3.76. The van der Waals surface area contributed by atoms with E-state index < -0.39 is 21.7 Å². The molecule has 2 aromatic rings. The van der Waals surface area contributed by atoms with E-state index in [0.717, 1.165) is 18.3 Å². The van der Waals surface area contributed by atoms with Crippen molar-refractivity contribution in [2.75, 3.05) is 4.72 Å². The number of halogens is 2. The zero-order chi connectivity index (χ0) is 14.0. The Bertz CT molecular complexity index is 698. The molecule has 0 radical (unpaired) electrons. The maximum Gasteiger partial charge on any atom is 0.265 e. The molecule has 2 rings (SSSR count). The van der Waals surface area contributed by atoms with Crippen LogP contribution in [0, 0.1) is 11.6 Å². The molecule has 0 amide bonds. The molecule has 0 unspecified atom stereocenters. The van der Waals surface area contributed by atoms with Gasteiger partial charge in [-0.2, -0.15) is 5.10 Å². The number of anilines is 1. The highest BCUT2D eigenvalue weighted by atomic mass is 32.2. The van der Waals surface area contributed by atoms with Gasteiger partial charge in [0.05, 0.1) is 11.9 Å². The second-order valence-corrected chi connectivity index (χ2v) is 5.44. The number of nitrogens with zero attached hydrogens (tertiary/aromatic N) is 2. The van der Waals surface area contributed by atoms with Crippen LogP contribution in [0.25, 0.3) is 0 Å². The molecule has 0 aliphatic rings. The quantitative estimate of drug-likeness (QED) is 0.935. The highest BCUT2D eigenvalue weighted by Gasteiger charge is 2.18. The molecule has 19 heavy (non-hydrogen) atoms. The molecule has 1 aromatic heterocycles. The summed E-state index contributed by atoms with van der Waals surface area (Å²) >= 11 is 0. The number of nitrogens with one attached hydrogen (secondary N) is 1. The van der Waals surface area contributed by atoms with E-state index in [1.54, 1.807) is 6.92 Å². The molecule has 0 saturated heterocycles. The van der Waals surface area contributed by atoms with E-state index in [4.69, 9.17) is 0 Å². The van der Waals surface area contributed by atoms with Crippen molar-refractivity contribution in [3.63, 3.8) is 0 Å². The fraction of sp³-hybridized carbons (Fsp3) is 0.182. The molecule has 0 aliphatic heterocycles. The first-order chi connectivity index (χ1) is 8.92. The molecule has 1 N–H and O–H groups in total. The third kappa shape index (κ3) is 2.90. The van der Waals surface area contributed by atoms with Crippen molar-refractivity contribution < 1.29 is 17.2 Å². The number of sulfonamides is 1. The zero-order valence-corrected chi connectivity index (χ0v) is 10.8. The minimum absolute atomic E-state index is 0.0851. The Morgan fingerprint density at radius 1 is 1.37 bits per heavy atom. The predicted octanol–water partition coefficient (Wildman–Crippen LogP) is 1.98. The zero-order valence-electron chi connectivity index (χ0n) is 9.97. The van der Waals surface area contributed by atoms with Gasteiger partial charge in [0.2, 0.25) is 0 Å². The Morgan fingerprint density at radius 2 is 2.11 bits per heavy atom. The fourth-order valence-corrected chi connectivity index (χ4v) is 2.45. The molecule has 0 atom stereocenters. The monoisotopic (exact) mass is 287 g/mol. The standard InChI is InChI=1S/C11H11F2N3O2S/c1-2-16-7-9(6-14-16)19(17,18)15-11-4-3-8(12)5-10(11)13/h3-7,15H,2H2,1H3. The molecule has 0 fully saturated rings. The van der Waals surface area contributed by atoms with Gasteiger partial charge in [0.25, 0.3) is 10.0 Å². The normalized spacial score (nSPS) is 11.5. The van der Waals surface area contributed by atoms with E-state index in [1.807, 2.05) is 4.72 Å². The van der Waals surface area contributed by atoms with Crippen LogP contribution in [0.15, 0.2) is 35.5 Å². The lowest BCUT2D eigenvalue weighted by molar-refractivity contribution is 0.582. The van der Waals surface area contributed by atoms with Crippen molar-refractivity contribution in [3.05, 3.63) is 42.2 Å². The smallest absolute Gasteiger partial charge is 0.265 e. The SMILES string of the molecule is CCn1cc(S(=O)(=O)Nc2ccc(F)cc2F)cn1. The van der Waals surface area contributed by atoms with Crippen molar-refractivity contribution in [3.8, 4) is 0 Å². The largest absolute Gasteiger partial charge is 0.277 e. The van der Waals surface area contributed by atoms with Crippen molar-refractivity contribution >= 4 is 15.7 Å². The molecule has 0 aliphatic carbocycles. The van der Waals surface area contributed by atoms with Gasteiger partial charge in [-0.25, -0.2) is 17.2 Å². The molecule has 1 heterocycles. The van der Waals surface area contributed by atoms with Gasteiger partial charge in [-0.05, 0) is 19.1 Å². The number of benzene rings is 1. The van der Waals surface area contributed by atoms with E-state index in [2.05, 4.69) is 5.10 Å². The van der Waals surface area contributed by atoms with Crippen molar-refractivity contribution in [1.82, 2.24) is 9.78 Å². The maximum atomic E-state index is 13.4. The van der Waals surface area contributed by atoms with Gasteiger partial charge in [-0.1, -0.05) is 0 Å². The molecule has 0 spiro atoms. The van der Waals surface area contributed by atoms with Crippen molar-refractivity contribution in [2.45, 2.75) is 18.4 Å². The summed E-state index contributed by atoms with van der Waals surface area (Å²) in [5.74, 6) is -1.76. The summed E-state index contributed by atoms with van der Waals surface area (Å²) in [4.78, 5) is -0.0851. The van der Waals surface area contributed by atoms with Crippen LogP contribution in [0.1, 0.15) is 6.92 Å². The molecule has 0 saturated carbocycles. The van der Waals surface area contributed by atoms with Crippen LogP contribution < -0.4 is 4.72 Å². The van der Waals surface area contributed by atoms with Gasteiger partial charge in [-0.3, -0.25) is 9.40 Å². The average Bonchev–Trinajstić information content (AvgIpc) is 2.82. The second kappa shape index (κ2) is 4.96. The Hall–Kier alpha value is -1.96. The van der Waals surface area contributed by atoms with Crippen molar-refractivity contribution in [1.29, 1.82) is 0 Å². The number of hydrogen-bond acceptors (Lipinski definition) is 3. The Balaban J connectivity index is 2.30. The first-order valence-corrected chi connectivity index (χ1v) is 6.91. The maximum absolute atomic E-state index is 13.4. The summed E-state index contributed by atoms with van der Waals surface area (Å²) < 4.78 is 53.5. The van der Waals surface area contributed by atoms with Gasteiger partial charge in [0, 0.05) is 18.8 Å². The molecular weight excluding hydrogens is 276 g/mol. The minimum atomic E-state index is -3.93. The molecular formula is C11H11F2N3O2S. The average molecular weight is 287 g/mol. The summed E-state index contributed by atoms with van der Waals surface area (Å²) in [7, 11) is -3.93. The predicted molar refractivity (Wildman–Crippen MR) is 65.1 cm³/mol. The van der Waals surface area contributed by atoms with Gasteiger partial charge in [0.1, 0.15) is 16.5 Å². The molecule has 102 valence electrons. The van der Waals surface area contributed by atoms with Crippen LogP contribution >= 0.6 is 0 Å². The van der Waals surface area contributed by atoms with Crippen LogP contribution in [0.2, 0.25) is 0 Å². The van der Waals surface area contributed by atoms with E-state index in [9.17, 15) is 17.2 Å². The lowest BCUT2D eigenvalue weighted by atomic mass is 10.3. The van der Waals surface area contributed by atoms with Crippen LogP contribution in [0.3, 0.4) is 0 Å². The van der Waals surface area contributed by atoms with Gasteiger partial charge < -0.3 is 0 Å². The first-order valence-electron chi connectivity index (χ1n) is 5.42. The number of aromatic nitrogens is 2. The van der Waals surface area contributed by atoms with E-state index >= 15 is 0 Å². The summed E-state index contributed by atoms with van der Waals surface area (Å²) in [5, 5.41) is 3.82. The first kappa shape index (κ1) is 13.5. The lowest BCUT2D eigenvalue weighted by Gasteiger charge is -2.07. The van der Waals surface area contributed by atoms with E-state index in [0.29, 0.717) is 12.6 Å². The van der Waals surface area contributed by atoms with Gasteiger partial charge >= 0.3 is 0 Å². The third-order valence-electron chi connectivity index (χ3n) is 2.42. The number of rotatable bonds is 4.